The first-order valence-electron chi connectivity index (χ1n) is 12.1. The maximum Gasteiger partial charge on any atom is 0.307 e. The zero-order valence-electron chi connectivity index (χ0n) is 19.9. The van der Waals surface area contributed by atoms with Crippen molar-refractivity contribution in [3.63, 3.8) is 0 Å². The van der Waals surface area contributed by atoms with Gasteiger partial charge in [-0.3, -0.25) is 14.4 Å². The number of aryl methyl sites for hydroxylation is 2. The van der Waals surface area contributed by atoms with Gasteiger partial charge in [0.05, 0.1) is 23.1 Å². The van der Waals surface area contributed by atoms with Crippen LogP contribution >= 0.6 is 0 Å². The summed E-state index contributed by atoms with van der Waals surface area (Å²) < 4.78 is 0. The van der Waals surface area contributed by atoms with Crippen LogP contribution in [0.15, 0.2) is 42.5 Å². The van der Waals surface area contributed by atoms with Crippen molar-refractivity contribution in [2.24, 2.45) is 11.8 Å². The maximum absolute atomic E-state index is 13.6. The number of carboxylic acids is 1. The van der Waals surface area contributed by atoms with Gasteiger partial charge in [0.2, 0.25) is 5.91 Å². The second-order valence-electron chi connectivity index (χ2n) is 9.44. The zero-order chi connectivity index (χ0) is 24.2. The van der Waals surface area contributed by atoms with E-state index in [-0.39, 0.29) is 11.8 Å². The van der Waals surface area contributed by atoms with E-state index in [0.29, 0.717) is 37.2 Å². The molecule has 1 saturated carbocycles. The quantitative estimate of drug-likeness (QED) is 0.697. The number of amides is 2. The number of piperazine rings is 1. The first-order valence-corrected chi connectivity index (χ1v) is 12.1. The van der Waals surface area contributed by atoms with Crippen molar-refractivity contribution in [1.82, 2.24) is 4.90 Å². The number of para-hydroxylation sites is 1. The molecule has 0 bridgehead atoms. The molecule has 2 N–H and O–H groups in total. The summed E-state index contributed by atoms with van der Waals surface area (Å²) in [6, 6.07) is 13.9. The molecular weight excluding hydrogens is 430 g/mol. The van der Waals surface area contributed by atoms with Crippen LogP contribution in [-0.2, 0) is 9.59 Å². The van der Waals surface area contributed by atoms with Crippen LogP contribution in [0.25, 0.3) is 0 Å². The van der Waals surface area contributed by atoms with E-state index in [1.807, 2.05) is 49.1 Å². The Bertz CT molecular complexity index is 1060. The van der Waals surface area contributed by atoms with Crippen molar-refractivity contribution in [2.45, 2.75) is 39.5 Å². The molecule has 1 heterocycles. The van der Waals surface area contributed by atoms with Gasteiger partial charge in [0.15, 0.2) is 0 Å². The first-order chi connectivity index (χ1) is 16.3. The molecule has 4 rings (SSSR count). The van der Waals surface area contributed by atoms with Gasteiger partial charge in [-0.25, -0.2) is 0 Å². The smallest absolute Gasteiger partial charge is 0.307 e. The highest BCUT2D eigenvalue weighted by atomic mass is 16.4. The second-order valence-corrected chi connectivity index (χ2v) is 9.44. The van der Waals surface area contributed by atoms with Crippen LogP contribution < -0.4 is 10.2 Å². The van der Waals surface area contributed by atoms with Crippen molar-refractivity contribution < 1.29 is 19.5 Å². The van der Waals surface area contributed by atoms with Gasteiger partial charge in [0, 0.05) is 31.9 Å². The normalized spacial score (nSPS) is 20.6. The van der Waals surface area contributed by atoms with E-state index >= 15 is 0 Å². The van der Waals surface area contributed by atoms with Crippen LogP contribution in [0.2, 0.25) is 0 Å². The second kappa shape index (κ2) is 10.3. The molecular formula is C27H33N3O4. The summed E-state index contributed by atoms with van der Waals surface area (Å²) in [5.41, 5.74) is 3.88. The fraction of sp³-hybridized carbons (Fsp3) is 0.444. The van der Waals surface area contributed by atoms with E-state index in [1.54, 1.807) is 0 Å². The third-order valence-electron chi connectivity index (χ3n) is 7.07. The van der Waals surface area contributed by atoms with Crippen LogP contribution in [0.4, 0.5) is 11.4 Å². The summed E-state index contributed by atoms with van der Waals surface area (Å²) in [4.78, 5) is 42.5. The van der Waals surface area contributed by atoms with Crippen molar-refractivity contribution >= 4 is 29.2 Å². The van der Waals surface area contributed by atoms with E-state index in [9.17, 15) is 19.5 Å². The van der Waals surface area contributed by atoms with Crippen molar-refractivity contribution in [3.05, 3.63) is 59.2 Å². The molecule has 34 heavy (non-hydrogen) atoms. The molecule has 1 saturated heterocycles. The Morgan fingerprint density at radius 3 is 2.21 bits per heavy atom. The number of anilines is 2. The Balaban J connectivity index is 1.52. The molecule has 1 aliphatic heterocycles. The lowest BCUT2D eigenvalue weighted by molar-refractivity contribution is -0.147. The number of nitrogens with one attached hydrogen (secondary N) is 1. The topological polar surface area (TPSA) is 89.9 Å². The number of benzene rings is 2. The van der Waals surface area contributed by atoms with Gasteiger partial charge in [0.1, 0.15) is 0 Å². The summed E-state index contributed by atoms with van der Waals surface area (Å²) >= 11 is 0. The zero-order valence-corrected chi connectivity index (χ0v) is 19.9. The lowest BCUT2D eigenvalue weighted by atomic mass is 9.78. The number of aliphatic carboxylic acids is 1. The minimum Gasteiger partial charge on any atom is -0.481 e. The molecule has 0 aromatic heterocycles. The van der Waals surface area contributed by atoms with Crippen LogP contribution in [0.5, 0.6) is 0 Å². The van der Waals surface area contributed by atoms with E-state index in [2.05, 4.69) is 22.3 Å². The van der Waals surface area contributed by atoms with Gasteiger partial charge >= 0.3 is 5.97 Å². The molecule has 0 radical (unpaired) electrons. The van der Waals surface area contributed by atoms with Gasteiger partial charge in [0.25, 0.3) is 5.91 Å². The van der Waals surface area contributed by atoms with Crippen LogP contribution in [-0.4, -0.2) is 54.0 Å². The highest BCUT2D eigenvalue weighted by Crippen LogP contribution is 2.33. The van der Waals surface area contributed by atoms with E-state index in [4.69, 9.17) is 0 Å². The van der Waals surface area contributed by atoms with Gasteiger partial charge in [-0.1, -0.05) is 37.1 Å². The van der Waals surface area contributed by atoms with Crippen LogP contribution in [0.1, 0.15) is 47.2 Å². The molecule has 7 heteroatoms. The van der Waals surface area contributed by atoms with Crippen LogP contribution in [0, 0.1) is 25.7 Å². The Morgan fingerprint density at radius 2 is 1.56 bits per heavy atom. The average Bonchev–Trinajstić information content (AvgIpc) is 2.85. The summed E-state index contributed by atoms with van der Waals surface area (Å²) in [6.45, 7) is 6.48. The monoisotopic (exact) mass is 463 g/mol. The van der Waals surface area contributed by atoms with E-state index in [0.717, 1.165) is 42.7 Å². The molecule has 2 aromatic rings. The maximum atomic E-state index is 13.6. The van der Waals surface area contributed by atoms with Gasteiger partial charge in [-0.2, -0.15) is 0 Å². The highest BCUT2D eigenvalue weighted by molar-refractivity contribution is 6.05. The number of carboxylic acid groups (broad SMARTS) is 1. The van der Waals surface area contributed by atoms with E-state index < -0.39 is 17.8 Å². The van der Waals surface area contributed by atoms with Gasteiger partial charge < -0.3 is 20.2 Å². The molecule has 2 atom stereocenters. The molecule has 2 aromatic carbocycles. The van der Waals surface area contributed by atoms with Crippen LogP contribution in [0.3, 0.4) is 0 Å². The van der Waals surface area contributed by atoms with Crippen molar-refractivity contribution in [1.29, 1.82) is 0 Å². The predicted octanol–water partition coefficient (Wildman–Crippen LogP) is 4.10. The largest absolute Gasteiger partial charge is 0.481 e. The van der Waals surface area contributed by atoms with Gasteiger partial charge in [-0.05, 0) is 56.0 Å². The Hall–Kier alpha value is -3.35. The standard InChI is InChI=1S/C27H33N3O4/c1-18-16-19(2)24(28-25(31)21-10-6-7-11-22(21)27(33)34)23(17-18)26(32)30-14-12-29(13-15-30)20-8-4-3-5-9-20/h3-5,8-9,16-17,21-22H,6-7,10-15H2,1-2H3,(H,28,31)(H,33,34)/t21-,22+/m0/s1. The van der Waals surface area contributed by atoms with Gasteiger partial charge in [-0.15, -0.1) is 0 Å². The molecule has 2 fully saturated rings. The minimum absolute atomic E-state index is 0.103. The highest BCUT2D eigenvalue weighted by Gasteiger charge is 2.36. The molecule has 7 nitrogen and oxygen atoms in total. The number of carbonyl (C=O) groups is 3. The third kappa shape index (κ3) is 5.08. The third-order valence-corrected chi connectivity index (χ3v) is 7.07. The molecule has 2 amide bonds. The first kappa shape index (κ1) is 23.8. The Labute approximate surface area is 200 Å². The fourth-order valence-electron chi connectivity index (χ4n) is 5.24. The van der Waals surface area contributed by atoms with E-state index in [1.165, 1.54) is 0 Å². The Kier molecular flexibility index (Phi) is 7.20. The van der Waals surface area contributed by atoms with Crippen molar-refractivity contribution in [3.8, 4) is 0 Å². The Morgan fingerprint density at radius 1 is 0.912 bits per heavy atom. The lowest BCUT2D eigenvalue weighted by Crippen LogP contribution is -2.49. The number of rotatable bonds is 5. The number of hydrogen-bond donors (Lipinski definition) is 2. The molecule has 180 valence electrons. The minimum atomic E-state index is -0.923. The predicted molar refractivity (Wildman–Crippen MR) is 132 cm³/mol. The number of hydrogen-bond acceptors (Lipinski definition) is 4. The summed E-state index contributed by atoms with van der Waals surface area (Å²) in [6.07, 6.45) is 2.73. The lowest BCUT2D eigenvalue weighted by Gasteiger charge is -2.36. The summed E-state index contributed by atoms with van der Waals surface area (Å²) in [7, 11) is 0. The average molecular weight is 464 g/mol. The molecule has 0 unspecified atom stereocenters. The van der Waals surface area contributed by atoms with Crippen molar-refractivity contribution in [2.75, 3.05) is 36.4 Å². The summed E-state index contributed by atoms with van der Waals surface area (Å²) in [5, 5.41) is 12.5. The molecule has 2 aliphatic rings. The number of nitrogens with zero attached hydrogens (tertiary/aromatic N) is 2. The number of carbonyl (C=O) groups excluding carboxylic acids is 2. The fourth-order valence-corrected chi connectivity index (χ4v) is 5.24. The SMILES string of the molecule is Cc1cc(C)c(NC(=O)[C@H]2CCCC[C@H]2C(=O)O)c(C(=O)N2CCN(c3ccccc3)CC2)c1. The summed E-state index contributed by atoms with van der Waals surface area (Å²) in [5.74, 6) is -2.59. The molecule has 0 spiro atoms. The molecule has 1 aliphatic carbocycles.